The predicted molar refractivity (Wildman–Crippen MR) is 133 cm³/mol. The van der Waals surface area contributed by atoms with Crippen molar-refractivity contribution < 1.29 is 37.1 Å². The number of hydroxylamine groups is 1. The summed E-state index contributed by atoms with van der Waals surface area (Å²) in [4.78, 5) is 33.1. The SMILES string of the molecule is CCOC(=O)C1(C(=O)OCC)C[C@H]2CON(S(=O)(=O)c3ccc(C)cc3)[C@H]2[C@@H]1[C@@H](OC)c1ccccc1. The van der Waals surface area contributed by atoms with E-state index in [1.807, 2.05) is 37.3 Å². The Balaban J connectivity index is 1.90. The Labute approximate surface area is 217 Å². The second-order valence-corrected chi connectivity index (χ2v) is 11.1. The highest BCUT2D eigenvalue weighted by atomic mass is 32.2. The van der Waals surface area contributed by atoms with Crippen LogP contribution in [0.1, 0.15) is 37.5 Å². The molecule has 0 spiro atoms. The third-order valence-electron chi connectivity index (χ3n) is 7.21. The van der Waals surface area contributed by atoms with Gasteiger partial charge in [0, 0.05) is 18.9 Å². The normalized spacial score (nSPS) is 23.8. The van der Waals surface area contributed by atoms with Crippen LogP contribution in [0.5, 0.6) is 0 Å². The first-order chi connectivity index (χ1) is 17.7. The van der Waals surface area contributed by atoms with Crippen molar-refractivity contribution in [2.24, 2.45) is 17.3 Å². The summed E-state index contributed by atoms with van der Waals surface area (Å²) in [5, 5.41) is 0. The Morgan fingerprint density at radius 1 is 1.03 bits per heavy atom. The van der Waals surface area contributed by atoms with E-state index in [1.54, 1.807) is 26.0 Å². The number of esters is 2. The van der Waals surface area contributed by atoms with Gasteiger partial charge in [0.05, 0.1) is 36.9 Å². The molecule has 4 rings (SSSR count). The maximum Gasteiger partial charge on any atom is 0.323 e. The summed E-state index contributed by atoms with van der Waals surface area (Å²) >= 11 is 0. The van der Waals surface area contributed by atoms with Crippen LogP contribution in [-0.2, 0) is 38.7 Å². The van der Waals surface area contributed by atoms with Crippen molar-refractivity contribution in [1.82, 2.24) is 4.47 Å². The molecule has 1 aliphatic carbocycles. The second-order valence-electron chi connectivity index (χ2n) is 9.33. The van der Waals surface area contributed by atoms with Crippen LogP contribution in [-0.4, -0.2) is 57.8 Å². The van der Waals surface area contributed by atoms with Gasteiger partial charge in [0.1, 0.15) is 0 Å². The van der Waals surface area contributed by atoms with Gasteiger partial charge in [0.15, 0.2) is 5.41 Å². The Hall–Kier alpha value is -2.79. The first-order valence-corrected chi connectivity index (χ1v) is 13.8. The van der Waals surface area contributed by atoms with Crippen molar-refractivity contribution in [2.45, 2.75) is 44.2 Å². The van der Waals surface area contributed by atoms with Crippen LogP contribution in [0, 0.1) is 24.2 Å². The average Bonchev–Trinajstić information content (AvgIpc) is 3.44. The van der Waals surface area contributed by atoms with E-state index in [1.165, 1.54) is 19.2 Å². The van der Waals surface area contributed by atoms with Crippen molar-refractivity contribution in [3.63, 3.8) is 0 Å². The molecule has 37 heavy (non-hydrogen) atoms. The summed E-state index contributed by atoms with van der Waals surface area (Å²) in [5.41, 5.74) is -0.193. The molecule has 0 radical (unpaired) electrons. The number of nitrogens with zero attached hydrogens (tertiary/aromatic N) is 1. The number of rotatable bonds is 9. The fourth-order valence-corrected chi connectivity index (χ4v) is 7.14. The largest absolute Gasteiger partial charge is 0.465 e. The number of ether oxygens (including phenoxy) is 3. The number of hydrogen-bond acceptors (Lipinski definition) is 8. The quantitative estimate of drug-likeness (QED) is 0.358. The molecule has 0 N–H and O–H groups in total. The zero-order valence-electron chi connectivity index (χ0n) is 21.5. The van der Waals surface area contributed by atoms with E-state index in [0.717, 1.165) is 10.0 Å². The zero-order valence-corrected chi connectivity index (χ0v) is 22.3. The van der Waals surface area contributed by atoms with E-state index in [-0.39, 0.29) is 31.1 Å². The Morgan fingerprint density at radius 3 is 2.16 bits per heavy atom. The number of aryl methyl sites for hydroxylation is 1. The molecular weight excluding hydrogens is 498 g/mol. The molecule has 1 saturated heterocycles. The molecule has 0 amide bonds. The summed E-state index contributed by atoms with van der Waals surface area (Å²) in [6, 6.07) is 14.7. The lowest BCUT2D eigenvalue weighted by Crippen LogP contribution is -2.52. The summed E-state index contributed by atoms with van der Waals surface area (Å²) in [6.07, 6.45) is -0.825. The lowest BCUT2D eigenvalue weighted by Gasteiger charge is -2.39. The first-order valence-electron chi connectivity index (χ1n) is 12.4. The zero-order chi connectivity index (χ0) is 26.8. The molecule has 200 valence electrons. The maximum absolute atomic E-state index is 13.8. The number of fused-ring (bicyclic) bond motifs is 1. The van der Waals surface area contributed by atoms with Gasteiger partial charge in [-0.15, -0.1) is 0 Å². The van der Waals surface area contributed by atoms with Crippen molar-refractivity contribution in [1.29, 1.82) is 0 Å². The van der Waals surface area contributed by atoms with E-state index >= 15 is 0 Å². The van der Waals surface area contributed by atoms with Crippen LogP contribution < -0.4 is 0 Å². The summed E-state index contributed by atoms with van der Waals surface area (Å²) in [5.74, 6) is -2.96. The minimum Gasteiger partial charge on any atom is -0.465 e. The van der Waals surface area contributed by atoms with Crippen LogP contribution in [0.3, 0.4) is 0 Å². The van der Waals surface area contributed by atoms with Crippen molar-refractivity contribution >= 4 is 22.0 Å². The van der Waals surface area contributed by atoms with Gasteiger partial charge in [-0.25, -0.2) is 8.42 Å². The molecule has 9 nitrogen and oxygen atoms in total. The second kappa shape index (κ2) is 10.9. The van der Waals surface area contributed by atoms with Gasteiger partial charge < -0.3 is 14.2 Å². The molecular formula is C27H33NO8S. The van der Waals surface area contributed by atoms with Crippen molar-refractivity contribution in [2.75, 3.05) is 26.9 Å². The fraction of sp³-hybridized carbons (Fsp3) is 0.481. The average molecular weight is 532 g/mol. The van der Waals surface area contributed by atoms with Gasteiger partial charge in [0.2, 0.25) is 0 Å². The summed E-state index contributed by atoms with van der Waals surface area (Å²) in [7, 11) is -2.67. The molecule has 2 fully saturated rings. The molecule has 0 aromatic heterocycles. The molecule has 1 saturated carbocycles. The highest BCUT2D eigenvalue weighted by Gasteiger charge is 2.71. The smallest absolute Gasteiger partial charge is 0.323 e. The molecule has 1 aliphatic heterocycles. The molecule has 10 heteroatoms. The number of benzene rings is 2. The molecule has 2 aliphatic rings. The van der Waals surface area contributed by atoms with Gasteiger partial charge in [0.25, 0.3) is 10.0 Å². The van der Waals surface area contributed by atoms with Crippen LogP contribution in [0.4, 0.5) is 0 Å². The Kier molecular flexibility index (Phi) is 8.03. The van der Waals surface area contributed by atoms with E-state index < -0.39 is 51.4 Å². The monoisotopic (exact) mass is 531 g/mol. The standard InChI is InChI=1S/C27H33NO8S/c1-5-34-25(29)27(26(30)35-6-2)16-20-17-36-28(37(31,32)21-14-12-18(3)13-15-21)23(20)22(27)24(33-4)19-10-8-7-9-11-19/h7-15,20,22-24H,5-6,16-17H2,1-4H3/t20-,22+,23+,24-/m0/s1. The predicted octanol–water partition coefficient (Wildman–Crippen LogP) is 3.44. The molecule has 0 bridgehead atoms. The lowest BCUT2D eigenvalue weighted by atomic mass is 9.72. The Bertz CT molecular complexity index is 1200. The van der Waals surface area contributed by atoms with Gasteiger partial charge >= 0.3 is 11.9 Å². The van der Waals surface area contributed by atoms with Gasteiger partial charge in [-0.2, -0.15) is 0 Å². The van der Waals surface area contributed by atoms with Gasteiger partial charge in [-0.3, -0.25) is 14.4 Å². The Morgan fingerprint density at radius 2 is 1.62 bits per heavy atom. The van der Waals surface area contributed by atoms with Gasteiger partial charge in [-0.1, -0.05) is 52.5 Å². The van der Waals surface area contributed by atoms with Crippen molar-refractivity contribution in [3.05, 3.63) is 65.7 Å². The third kappa shape index (κ3) is 4.67. The van der Waals surface area contributed by atoms with E-state index in [9.17, 15) is 18.0 Å². The summed E-state index contributed by atoms with van der Waals surface area (Å²) in [6.45, 7) is 5.29. The molecule has 2 aromatic rings. The van der Waals surface area contributed by atoms with E-state index in [0.29, 0.717) is 5.56 Å². The molecule has 1 heterocycles. The minimum atomic E-state index is -4.14. The van der Waals surface area contributed by atoms with E-state index in [4.69, 9.17) is 19.0 Å². The molecule has 4 atom stereocenters. The van der Waals surface area contributed by atoms with Crippen LogP contribution >= 0.6 is 0 Å². The number of carbonyl (C=O) groups is 2. The summed E-state index contributed by atoms with van der Waals surface area (Å²) < 4.78 is 45.4. The van der Waals surface area contributed by atoms with Crippen LogP contribution in [0.2, 0.25) is 0 Å². The molecule has 0 unspecified atom stereocenters. The highest BCUT2D eigenvalue weighted by molar-refractivity contribution is 7.89. The van der Waals surface area contributed by atoms with Crippen molar-refractivity contribution in [3.8, 4) is 0 Å². The minimum absolute atomic E-state index is 0.00656. The number of methoxy groups -OCH3 is 1. The maximum atomic E-state index is 13.8. The van der Waals surface area contributed by atoms with E-state index in [2.05, 4.69) is 0 Å². The molecule has 2 aromatic carbocycles. The fourth-order valence-electron chi connectivity index (χ4n) is 5.63. The van der Waals surface area contributed by atoms with Crippen LogP contribution in [0.25, 0.3) is 0 Å². The number of hydrogen-bond donors (Lipinski definition) is 0. The third-order valence-corrected chi connectivity index (χ3v) is 8.90. The lowest BCUT2D eigenvalue weighted by molar-refractivity contribution is -0.184. The number of carbonyl (C=O) groups excluding carboxylic acids is 2. The van der Waals surface area contributed by atoms with Gasteiger partial charge in [-0.05, 0) is 44.9 Å². The highest BCUT2D eigenvalue weighted by Crippen LogP contribution is 2.58. The number of sulfonamides is 1. The topological polar surface area (TPSA) is 108 Å². The first kappa shape index (κ1) is 27.3. The van der Waals surface area contributed by atoms with Crippen LogP contribution in [0.15, 0.2) is 59.5 Å².